The van der Waals surface area contributed by atoms with Gasteiger partial charge in [0.05, 0.1) is 13.7 Å². The predicted octanol–water partition coefficient (Wildman–Crippen LogP) is 0.394. The summed E-state index contributed by atoms with van der Waals surface area (Å²) in [4.78, 5) is 35.9. The molecule has 1 aromatic rings. The second kappa shape index (κ2) is 4.87. The molecule has 1 heterocycles. The van der Waals surface area contributed by atoms with Gasteiger partial charge in [-0.05, 0) is 12.1 Å². The van der Waals surface area contributed by atoms with Crippen LogP contribution in [0.3, 0.4) is 0 Å². The van der Waals surface area contributed by atoms with E-state index < -0.39 is 23.9 Å². The molecule has 3 amide bonds. The number of nitrogens with one attached hydrogen (secondary N) is 1. The molecule has 0 spiro atoms. The average molecular weight is 248 g/mol. The van der Waals surface area contributed by atoms with Crippen LogP contribution in [0.25, 0.3) is 0 Å². The van der Waals surface area contributed by atoms with E-state index in [1.54, 1.807) is 30.3 Å². The van der Waals surface area contributed by atoms with Crippen LogP contribution in [-0.4, -0.2) is 42.5 Å². The van der Waals surface area contributed by atoms with Gasteiger partial charge in [-0.3, -0.25) is 9.69 Å². The van der Waals surface area contributed by atoms with Crippen LogP contribution in [-0.2, 0) is 9.53 Å². The fourth-order valence-corrected chi connectivity index (χ4v) is 1.73. The first-order valence-corrected chi connectivity index (χ1v) is 5.38. The maximum atomic E-state index is 12.0. The molecule has 1 aliphatic rings. The summed E-state index contributed by atoms with van der Waals surface area (Å²) in [6, 6.07) is 7.03. The van der Waals surface area contributed by atoms with Crippen molar-refractivity contribution in [1.82, 2.24) is 10.2 Å². The van der Waals surface area contributed by atoms with Gasteiger partial charge in [0.1, 0.15) is 6.04 Å². The SMILES string of the molecule is COC(=O)C1CN(C(=O)c2ccccc2)C(=O)N1. The fraction of sp³-hybridized carbons (Fsp3) is 0.250. The van der Waals surface area contributed by atoms with Gasteiger partial charge in [0, 0.05) is 5.56 Å². The average Bonchev–Trinajstić information content (AvgIpc) is 2.80. The van der Waals surface area contributed by atoms with Crippen molar-refractivity contribution in [3.05, 3.63) is 35.9 Å². The summed E-state index contributed by atoms with van der Waals surface area (Å²) in [5.74, 6) is -0.994. The number of carbonyl (C=O) groups excluding carboxylic acids is 3. The number of ether oxygens (including phenoxy) is 1. The molecule has 18 heavy (non-hydrogen) atoms. The van der Waals surface area contributed by atoms with Crippen LogP contribution in [0.2, 0.25) is 0 Å². The molecular weight excluding hydrogens is 236 g/mol. The van der Waals surface area contributed by atoms with Crippen molar-refractivity contribution in [2.45, 2.75) is 6.04 Å². The summed E-state index contributed by atoms with van der Waals surface area (Å²) in [7, 11) is 1.23. The van der Waals surface area contributed by atoms with Gasteiger partial charge in [-0.25, -0.2) is 9.59 Å². The van der Waals surface area contributed by atoms with E-state index in [4.69, 9.17) is 0 Å². The highest BCUT2D eigenvalue weighted by Gasteiger charge is 2.37. The molecule has 1 saturated heterocycles. The number of methoxy groups -OCH3 is 1. The van der Waals surface area contributed by atoms with Gasteiger partial charge < -0.3 is 10.1 Å². The Hall–Kier alpha value is -2.37. The molecule has 0 bridgehead atoms. The third-order valence-electron chi connectivity index (χ3n) is 2.66. The van der Waals surface area contributed by atoms with Gasteiger partial charge in [-0.15, -0.1) is 0 Å². The number of nitrogens with zero attached hydrogens (tertiary/aromatic N) is 1. The third-order valence-corrected chi connectivity index (χ3v) is 2.66. The van der Waals surface area contributed by atoms with E-state index in [0.29, 0.717) is 5.56 Å². The Morgan fingerprint density at radius 1 is 1.33 bits per heavy atom. The van der Waals surface area contributed by atoms with E-state index in [0.717, 1.165) is 4.90 Å². The molecule has 1 aliphatic heterocycles. The first-order valence-electron chi connectivity index (χ1n) is 5.38. The van der Waals surface area contributed by atoms with E-state index in [2.05, 4.69) is 10.1 Å². The number of hydrogen-bond donors (Lipinski definition) is 1. The number of imide groups is 1. The molecule has 0 aromatic heterocycles. The standard InChI is InChI=1S/C12H12N2O4/c1-18-11(16)9-7-14(12(17)13-9)10(15)8-5-3-2-4-6-8/h2-6,9H,7H2,1H3,(H,13,17). The lowest BCUT2D eigenvalue weighted by atomic mass is 10.2. The van der Waals surface area contributed by atoms with Gasteiger partial charge in [0.25, 0.3) is 5.91 Å². The molecule has 0 aliphatic carbocycles. The zero-order valence-electron chi connectivity index (χ0n) is 9.75. The Kier molecular flexibility index (Phi) is 3.27. The minimum Gasteiger partial charge on any atom is -0.467 e. The number of benzene rings is 1. The monoisotopic (exact) mass is 248 g/mol. The van der Waals surface area contributed by atoms with Crippen LogP contribution in [0.5, 0.6) is 0 Å². The molecule has 1 atom stereocenters. The van der Waals surface area contributed by atoms with Crippen LogP contribution in [0.4, 0.5) is 4.79 Å². The molecule has 6 heteroatoms. The summed E-state index contributed by atoms with van der Waals surface area (Å²) >= 11 is 0. The molecule has 6 nitrogen and oxygen atoms in total. The molecule has 94 valence electrons. The topological polar surface area (TPSA) is 75.7 Å². The summed E-state index contributed by atoms with van der Waals surface area (Å²) in [5, 5.41) is 2.40. The number of urea groups is 1. The van der Waals surface area contributed by atoms with Crippen molar-refractivity contribution >= 4 is 17.9 Å². The summed E-state index contributed by atoms with van der Waals surface area (Å²) in [6.07, 6.45) is 0. The zero-order valence-corrected chi connectivity index (χ0v) is 9.75. The molecule has 1 N–H and O–H groups in total. The van der Waals surface area contributed by atoms with Crippen LogP contribution in [0.1, 0.15) is 10.4 Å². The van der Waals surface area contributed by atoms with Gasteiger partial charge in [-0.1, -0.05) is 18.2 Å². The van der Waals surface area contributed by atoms with Crippen molar-refractivity contribution < 1.29 is 19.1 Å². The highest BCUT2D eigenvalue weighted by molar-refractivity contribution is 6.06. The number of rotatable bonds is 2. The molecule has 2 rings (SSSR count). The quantitative estimate of drug-likeness (QED) is 0.768. The van der Waals surface area contributed by atoms with Crippen molar-refractivity contribution in [1.29, 1.82) is 0 Å². The van der Waals surface area contributed by atoms with E-state index >= 15 is 0 Å². The first-order chi connectivity index (χ1) is 8.63. The summed E-state index contributed by atoms with van der Waals surface area (Å²) in [5.41, 5.74) is 0.401. The lowest BCUT2D eigenvalue weighted by Gasteiger charge is -2.12. The number of carbonyl (C=O) groups is 3. The van der Waals surface area contributed by atoms with Crippen LogP contribution >= 0.6 is 0 Å². The lowest BCUT2D eigenvalue weighted by Crippen LogP contribution is -2.35. The number of amides is 3. The Morgan fingerprint density at radius 3 is 2.61 bits per heavy atom. The number of hydrogen-bond acceptors (Lipinski definition) is 4. The Bertz CT molecular complexity index is 486. The van der Waals surface area contributed by atoms with Crippen molar-refractivity contribution in [2.75, 3.05) is 13.7 Å². The van der Waals surface area contributed by atoms with Gasteiger partial charge in [0.2, 0.25) is 0 Å². The lowest BCUT2D eigenvalue weighted by molar-refractivity contribution is -0.142. The van der Waals surface area contributed by atoms with Gasteiger partial charge in [-0.2, -0.15) is 0 Å². The van der Waals surface area contributed by atoms with Gasteiger partial charge >= 0.3 is 12.0 Å². The highest BCUT2D eigenvalue weighted by atomic mass is 16.5. The molecule has 0 radical (unpaired) electrons. The van der Waals surface area contributed by atoms with Crippen molar-refractivity contribution in [3.8, 4) is 0 Å². The van der Waals surface area contributed by atoms with E-state index in [-0.39, 0.29) is 6.54 Å². The minimum atomic E-state index is -0.796. The van der Waals surface area contributed by atoms with E-state index in [9.17, 15) is 14.4 Å². The third kappa shape index (κ3) is 2.17. The maximum absolute atomic E-state index is 12.0. The molecule has 1 unspecified atom stereocenters. The Balaban J connectivity index is 2.13. The number of esters is 1. The molecule has 1 fully saturated rings. The molecule has 0 saturated carbocycles. The Morgan fingerprint density at radius 2 is 2.00 bits per heavy atom. The first kappa shape index (κ1) is 12.1. The smallest absolute Gasteiger partial charge is 0.330 e. The molecule has 1 aromatic carbocycles. The largest absolute Gasteiger partial charge is 0.467 e. The van der Waals surface area contributed by atoms with Crippen molar-refractivity contribution in [2.24, 2.45) is 0 Å². The van der Waals surface area contributed by atoms with Crippen LogP contribution < -0.4 is 5.32 Å². The van der Waals surface area contributed by atoms with Gasteiger partial charge in [0.15, 0.2) is 0 Å². The van der Waals surface area contributed by atoms with Crippen molar-refractivity contribution in [3.63, 3.8) is 0 Å². The second-order valence-electron chi connectivity index (χ2n) is 3.81. The minimum absolute atomic E-state index is 0.0146. The predicted molar refractivity (Wildman–Crippen MR) is 61.8 cm³/mol. The maximum Gasteiger partial charge on any atom is 0.330 e. The zero-order chi connectivity index (χ0) is 13.1. The fourth-order valence-electron chi connectivity index (χ4n) is 1.73. The normalized spacial score (nSPS) is 18.4. The van der Waals surface area contributed by atoms with E-state index in [1.807, 2.05) is 0 Å². The van der Waals surface area contributed by atoms with Crippen LogP contribution in [0, 0.1) is 0 Å². The second-order valence-corrected chi connectivity index (χ2v) is 3.81. The summed E-state index contributed by atoms with van der Waals surface area (Å²) in [6.45, 7) is -0.0146. The van der Waals surface area contributed by atoms with Crippen LogP contribution in [0.15, 0.2) is 30.3 Å². The highest BCUT2D eigenvalue weighted by Crippen LogP contribution is 2.11. The summed E-state index contributed by atoms with van der Waals surface area (Å²) < 4.78 is 4.52. The van der Waals surface area contributed by atoms with E-state index in [1.165, 1.54) is 7.11 Å². The Labute approximate surface area is 104 Å². The molecular formula is C12H12N2O4.